The molecule has 0 heterocycles. The minimum atomic E-state index is -2.05. The topological polar surface area (TPSA) is 35.5 Å². The lowest BCUT2D eigenvalue weighted by atomic mass is 10.1. The van der Waals surface area contributed by atoms with Gasteiger partial charge in [0, 0.05) is 29.2 Å². The van der Waals surface area contributed by atoms with Crippen LogP contribution in [0.15, 0.2) is 60.7 Å². The molecule has 0 radical (unpaired) electrons. The van der Waals surface area contributed by atoms with Crippen LogP contribution in [-0.2, 0) is 0 Å². The molecule has 160 valence electrons. The van der Waals surface area contributed by atoms with Crippen molar-refractivity contribution in [1.29, 1.82) is 0 Å². The van der Waals surface area contributed by atoms with Crippen LogP contribution in [-0.4, -0.2) is 12.6 Å². The Morgan fingerprint density at radius 3 is 2.32 bits per heavy atom. The van der Waals surface area contributed by atoms with Gasteiger partial charge in [0.1, 0.15) is 41.1 Å². The smallest absolute Gasteiger partial charge is 0.349 e. The summed E-state index contributed by atoms with van der Waals surface area (Å²) in [7, 11) is 0. The molecule has 3 rings (SSSR count). The minimum Gasteiger partial charge on any atom is -0.489 e. The van der Waals surface area contributed by atoms with E-state index in [1.165, 1.54) is 24.3 Å². The first kappa shape index (κ1) is 22.0. The quantitative estimate of drug-likeness (QED) is 0.188. The van der Waals surface area contributed by atoms with E-state index in [4.69, 9.17) is 9.47 Å². The molecule has 0 N–H and O–H groups in total. The third kappa shape index (κ3) is 5.09. The molecule has 3 aromatic rings. The molecule has 0 fully saturated rings. The van der Waals surface area contributed by atoms with E-state index in [0.29, 0.717) is 6.08 Å². The molecule has 31 heavy (non-hydrogen) atoms. The normalized spacial score (nSPS) is 11.0. The first-order valence-electron chi connectivity index (χ1n) is 9.00. The number of allylic oxidation sites excluding steroid dienone is 1. The lowest BCUT2D eigenvalue weighted by Gasteiger charge is -2.10. The van der Waals surface area contributed by atoms with Crippen LogP contribution in [0.1, 0.15) is 22.8 Å². The van der Waals surface area contributed by atoms with Crippen LogP contribution in [0.4, 0.5) is 22.0 Å². The molecule has 0 saturated carbocycles. The Morgan fingerprint density at radius 2 is 1.68 bits per heavy atom. The maximum atomic E-state index is 14.3. The van der Waals surface area contributed by atoms with E-state index in [2.05, 4.69) is 0 Å². The first-order chi connectivity index (χ1) is 14.8. The zero-order valence-corrected chi connectivity index (χ0v) is 16.1. The fourth-order valence-electron chi connectivity index (χ4n) is 2.81. The Morgan fingerprint density at radius 1 is 0.968 bits per heavy atom. The molecule has 3 nitrogen and oxygen atoms in total. The molecule has 0 atom stereocenters. The van der Waals surface area contributed by atoms with Crippen molar-refractivity contribution in [3.05, 3.63) is 89.3 Å². The number of halogens is 5. The average molecular weight is 434 g/mol. The van der Waals surface area contributed by atoms with Crippen LogP contribution in [0.5, 0.6) is 11.5 Å². The number of carbonyl (C=O) groups is 1. The van der Waals surface area contributed by atoms with Gasteiger partial charge in [0.25, 0.3) is 6.08 Å². The van der Waals surface area contributed by atoms with Gasteiger partial charge in [-0.2, -0.15) is 8.78 Å². The fraction of sp³-hybridized carbons (Fsp3) is 0.0870. The van der Waals surface area contributed by atoms with E-state index in [1.54, 1.807) is 19.1 Å². The third-order valence-electron chi connectivity index (χ3n) is 4.23. The Bertz CT molecular complexity index is 1170. The monoisotopic (exact) mass is 434 g/mol. The SMILES string of the molecule is CC=CCOc1cc(F)c(C(=O)Oc2ccc3c(F)c(C=C(F)F)ccc3c2)c(F)c1. The highest BCUT2D eigenvalue weighted by molar-refractivity contribution is 5.93. The summed E-state index contributed by atoms with van der Waals surface area (Å²) in [5.74, 6) is -4.72. The number of ether oxygens (including phenoxy) is 2. The molecule has 0 aliphatic carbocycles. The Hall–Kier alpha value is -3.68. The van der Waals surface area contributed by atoms with Crippen molar-refractivity contribution in [2.75, 3.05) is 6.61 Å². The Labute approximate surface area is 174 Å². The van der Waals surface area contributed by atoms with E-state index >= 15 is 0 Å². The molecule has 0 aromatic heterocycles. The summed E-state index contributed by atoms with van der Waals surface area (Å²) in [5, 5.41) is 0.252. The van der Waals surface area contributed by atoms with Gasteiger partial charge in [-0.25, -0.2) is 18.0 Å². The van der Waals surface area contributed by atoms with Crippen molar-refractivity contribution < 1.29 is 36.2 Å². The highest BCUT2D eigenvalue weighted by Crippen LogP contribution is 2.28. The Balaban J connectivity index is 1.85. The van der Waals surface area contributed by atoms with Crippen LogP contribution >= 0.6 is 0 Å². The number of esters is 1. The van der Waals surface area contributed by atoms with Crippen molar-refractivity contribution in [2.24, 2.45) is 0 Å². The maximum absolute atomic E-state index is 14.3. The zero-order chi connectivity index (χ0) is 22.5. The first-order valence-corrected chi connectivity index (χ1v) is 9.00. The van der Waals surface area contributed by atoms with Crippen LogP contribution in [0.25, 0.3) is 16.8 Å². The maximum Gasteiger partial charge on any atom is 0.349 e. The fourth-order valence-corrected chi connectivity index (χ4v) is 2.81. The van der Waals surface area contributed by atoms with E-state index in [1.807, 2.05) is 0 Å². The number of benzene rings is 3. The molecule has 0 aliphatic rings. The van der Waals surface area contributed by atoms with Crippen LogP contribution < -0.4 is 9.47 Å². The summed E-state index contributed by atoms with van der Waals surface area (Å²) < 4.78 is 77.9. The molecule has 3 aromatic carbocycles. The summed E-state index contributed by atoms with van der Waals surface area (Å²) in [4.78, 5) is 12.3. The summed E-state index contributed by atoms with van der Waals surface area (Å²) in [6, 6.07) is 7.85. The molecule has 0 saturated heterocycles. The lowest BCUT2D eigenvalue weighted by Crippen LogP contribution is -2.13. The summed E-state index contributed by atoms with van der Waals surface area (Å²) in [5.41, 5.74) is -1.22. The van der Waals surface area contributed by atoms with Crippen molar-refractivity contribution in [3.63, 3.8) is 0 Å². The number of hydrogen-bond donors (Lipinski definition) is 0. The number of rotatable bonds is 6. The van der Waals surface area contributed by atoms with E-state index in [9.17, 15) is 26.7 Å². The van der Waals surface area contributed by atoms with Gasteiger partial charge >= 0.3 is 5.97 Å². The molecule has 0 unspecified atom stereocenters. The van der Waals surface area contributed by atoms with Crippen LogP contribution in [0, 0.1) is 17.5 Å². The standard InChI is InChI=1S/C23H15F5O3/c1-2-3-8-30-16-11-18(24)21(19(25)12-16)23(29)31-15-6-7-17-13(9-15)4-5-14(22(17)28)10-20(26)27/h2-7,9-12H,8H2,1H3. The second-order valence-corrected chi connectivity index (χ2v) is 6.32. The highest BCUT2D eigenvalue weighted by Gasteiger charge is 2.22. The largest absolute Gasteiger partial charge is 0.489 e. The summed E-state index contributed by atoms with van der Waals surface area (Å²) >= 11 is 0. The number of hydrogen-bond acceptors (Lipinski definition) is 3. The summed E-state index contributed by atoms with van der Waals surface area (Å²) in [6.07, 6.45) is 1.67. The van der Waals surface area contributed by atoms with Gasteiger partial charge in [-0.3, -0.25) is 0 Å². The Kier molecular flexibility index (Phi) is 6.69. The van der Waals surface area contributed by atoms with Gasteiger partial charge < -0.3 is 9.47 Å². The highest BCUT2D eigenvalue weighted by atomic mass is 19.3. The molecule has 0 bridgehead atoms. The number of carbonyl (C=O) groups excluding carboxylic acids is 1. The van der Waals surface area contributed by atoms with Gasteiger partial charge in [0.2, 0.25) is 0 Å². The van der Waals surface area contributed by atoms with Gasteiger partial charge in [0.15, 0.2) is 0 Å². The van der Waals surface area contributed by atoms with E-state index in [0.717, 1.165) is 18.2 Å². The van der Waals surface area contributed by atoms with Crippen molar-refractivity contribution in [2.45, 2.75) is 6.92 Å². The zero-order valence-electron chi connectivity index (χ0n) is 16.1. The molecule has 0 spiro atoms. The minimum absolute atomic E-state index is 0.00907. The molecule has 0 aliphatic heterocycles. The molecule has 0 amide bonds. The average Bonchev–Trinajstić information content (AvgIpc) is 2.69. The van der Waals surface area contributed by atoms with Gasteiger partial charge in [0.05, 0.1) is 0 Å². The molecule has 8 heteroatoms. The predicted octanol–water partition coefficient (Wildman–Crippen LogP) is 6.67. The second-order valence-electron chi connectivity index (χ2n) is 6.32. The van der Waals surface area contributed by atoms with Gasteiger partial charge in [-0.15, -0.1) is 0 Å². The summed E-state index contributed by atoms with van der Waals surface area (Å²) in [6.45, 7) is 1.85. The lowest BCUT2D eigenvalue weighted by molar-refractivity contribution is 0.0724. The van der Waals surface area contributed by atoms with Crippen LogP contribution in [0.2, 0.25) is 0 Å². The third-order valence-corrected chi connectivity index (χ3v) is 4.23. The van der Waals surface area contributed by atoms with Gasteiger partial charge in [-0.05, 0) is 30.5 Å². The van der Waals surface area contributed by atoms with Crippen molar-refractivity contribution in [3.8, 4) is 11.5 Å². The molecular weight excluding hydrogens is 419 g/mol. The second kappa shape index (κ2) is 9.42. The van der Waals surface area contributed by atoms with E-state index < -0.39 is 35.1 Å². The van der Waals surface area contributed by atoms with Crippen molar-refractivity contribution >= 4 is 22.8 Å². The van der Waals surface area contributed by atoms with Gasteiger partial charge in [-0.1, -0.05) is 24.3 Å². The number of fused-ring (bicyclic) bond motifs is 1. The van der Waals surface area contributed by atoms with E-state index in [-0.39, 0.29) is 34.4 Å². The van der Waals surface area contributed by atoms with Crippen molar-refractivity contribution in [1.82, 2.24) is 0 Å². The van der Waals surface area contributed by atoms with Crippen LogP contribution in [0.3, 0.4) is 0 Å². The molecular formula is C23H15F5O3. The predicted molar refractivity (Wildman–Crippen MR) is 106 cm³/mol.